The third-order valence-electron chi connectivity index (χ3n) is 3.92. The summed E-state index contributed by atoms with van der Waals surface area (Å²) >= 11 is 3.65. The van der Waals surface area contributed by atoms with Gasteiger partial charge in [-0.2, -0.15) is 0 Å². The molecule has 1 aliphatic heterocycles. The summed E-state index contributed by atoms with van der Waals surface area (Å²) in [5.41, 5.74) is 2.72. The van der Waals surface area contributed by atoms with Crippen LogP contribution in [0.3, 0.4) is 0 Å². The quantitative estimate of drug-likeness (QED) is 0.898. The van der Waals surface area contributed by atoms with Crippen molar-refractivity contribution >= 4 is 15.9 Å². The lowest BCUT2D eigenvalue weighted by Crippen LogP contribution is -2.30. The molecule has 0 radical (unpaired) electrons. The van der Waals surface area contributed by atoms with Crippen LogP contribution in [0.25, 0.3) is 0 Å². The van der Waals surface area contributed by atoms with E-state index >= 15 is 0 Å². The van der Waals surface area contributed by atoms with Gasteiger partial charge in [-0.1, -0.05) is 19.9 Å². The molecule has 2 nitrogen and oxygen atoms in total. The molecule has 3 heteroatoms. The van der Waals surface area contributed by atoms with Crippen LogP contribution in [0.4, 0.5) is 0 Å². The molecule has 19 heavy (non-hydrogen) atoms. The van der Waals surface area contributed by atoms with Crippen LogP contribution < -0.4 is 10.1 Å². The van der Waals surface area contributed by atoms with Gasteiger partial charge in [0.25, 0.3) is 0 Å². The number of benzene rings is 1. The van der Waals surface area contributed by atoms with Crippen molar-refractivity contribution in [3.8, 4) is 5.75 Å². The average Bonchev–Trinajstić information content (AvgIpc) is 2.39. The first-order chi connectivity index (χ1) is 9.11. The summed E-state index contributed by atoms with van der Waals surface area (Å²) in [5.74, 6) is 2.29. The van der Waals surface area contributed by atoms with Gasteiger partial charge in [0.15, 0.2) is 0 Å². The SMILES string of the molecule is COc1c(Br)cc(C(C)C)cc1CC1CCCNC1. The minimum atomic E-state index is 0.547. The van der Waals surface area contributed by atoms with Crippen LogP contribution in [0.2, 0.25) is 0 Å². The second-order valence-electron chi connectivity index (χ2n) is 5.77. The van der Waals surface area contributed by atoms with Crippen LogP contribution in [0.15, 0.2) is 16.6 Å². The monoisotopic (exact) mass is 325 g/mol. The lowest BCUT2D eigenvalue weighted by atomic mass is 9.90. The molecule has 1 atom stereocenters. The van der Waals surface area contributed by atoms with Gasteiger partial charge in [0.1, 0.15) is 5.75 Å². The molecule has 0 aromatic heterocycles. The lowest BCUT2D eigenvalue weighted by Gasteiger charge is -2.24. The van der Waals surface area contributed by atoms with Crippen molar-refractivity contribution in [2.24, 2.45) is 5.92 Å². The number of nitrogens with one attached hydrogen (secondary N) is 1. The molecule has 1 aromatic rings. The maximum atomic E-state index is 5.59. The maximum absolute atomic E-state index is 5.59. The summed E-state index contributed by atoms with van der Waals surface area (Å²) in [6.45, 7) is 6.77. The zero-order chi connectivity index (χ0) is 13.8. The van der Waals surface area contributed by atoms with Gasteiger partial charge in [0.05, 0.1) is 11.6 Å². The van der Waals surface area contributed by atoms with Crippen molar-refractivity contribution in [2.45, 2.75) is 39.0 Å². The van der Waals surface area contributed by atoms with Gasteiger partial charge < -0.3 is 10.1 Å². The summed E-state index contributed by atoms with van der Waals surface area (Å²) in [4.78, 5) is 0. The van der Waals surface area contributed by atoms with E-state index in [1.165, 1.54) is 30.5 Å². The average molecular weight is 326 g/mol. The van der Waals surface area contributed by atoms with Gasteiger partial charge in [0, 0.05) is 0 Å². The molecule has 1 aromatic carbocycles. The van der Waals surface area contributed by atoms with E-state index in [0.717, 1.165) is 29.1 Å². The van der Waals surface area contributed by atoms with E-state index in [2.05, 4.69) is 47.2 Å². The second kappa shape index (κ2) is 6.76. The highest BCUT2D eigenvalue weighted by atomic mass is 79.9. The first-order valence-corrected chi connectivity index (χ1v) is 7.98. The molecule has 0 saturated carbocycles. The molecule has 1 heterocycles. The largest absolute Gasteiger partial charge is 0.495 e. The van der Waals surface area contributed by atoms with Crippen molar-refractivity contribution in [1.82, 2.24) is 5.32 Å². The minimum Gasteiger partial charge on any atom is -0.495 e. The third-order valence-corrected chi connectivity index (χ3v) is 4.51. The highest BCUT2D eigenvalue weighted by Crippen LogP contribution is 2.35. The van der Waals surface area contributed by atoms with Gasteiger partial charge in [0.2, 0.25) is 0 Å². The van der Waals surface area contributed by atoms with E-state index in [4.69, 9.17) is 4.74 Å². The Kier molecular flexibility index (Phi) is 5.28. The summed E-state index contributed by atoms with van der Waals surface area (Å²) in [7, 11) is 1.76. The fourth-order valence-electron chi connectivity index (χ4n) is 2.80. The Morgan fingerprint density at radius 3 is 2.79 bits per heavy atom. The smallest absolute Gasteiger partial charge is 0.136 e. The number of hydrogen-bond donors (Lipinski definition) is 1. The van der Waals surface area contributed by atoms with Gasteiger partial charge in [-0.25, -0.2) is 0 Å². The molecule has 2 rings (SSSR count). The second-order valence-corrected chi connectivity index (χ2v) is 6.62. The topological polar surface area (TPSA) is 21.3 Å². The minimum absolute atomic E-state index is 0.547. The zero-order valence-corrected chi connectivity index (χ0v) is 13.7. The standard InChI is InChI=1S/C16H24BrNO/c1-11(2)13-8-14(16(19-3)15(17)9-13)7-12-5-4-6-18-10-12/h8-9,11-12,18H,4-7,10H2,1-3H3. The van der Waals surface area contributed by atoms with E-state index < -0.39 is 0 Å². The summed E-state index contributed by atoms with van der Waals surface area (Å²) < 4.78 is 6.67. The maximum Gasteiger partial charge on any atom is 0.136 e. The van der Waals surface area contributed by atoms with E-state index in [1.54, 1.807) is 7.11 Å². The van der Waals surface area contributed by atoms with Crippen LogP contribution >= 0.6 is 15.9 Å². The summed E-state index contributed by atoms with van der Waals surface area (Å²) in [6, 6.07) is 4.51. The number of hydrogen-bond acceptors (Lipinski definition) is 2. The number of ether oxygens (including phenoxy) is 1. The predicted molar refractivity (Wildman–Crippen MR) is 84.1 cm³/mol. The Morgan fingerprint density at radius 2 is 2.21 bits per heavy atom. The predicted octanol–water partition coefficient (Wildman–Crippen LogP) is 4.12. The van der Waals surface area contributed by atoms with Crippen molar-refractivity contribution < 1.29 is 4.74 Å². The Labute approximate surface area is 125 Å². The molecule has 1 fully saturated rings. The van der Waals surface area contributed by atoms with Gasteiger partial charge in [-0.3, -0.25) is 0 Å². The van der Waals surface area contributed by atoms with Crippen LogP contribution in [0.5, 0.6) is 5.75 Å². The molecule has 0 aliphatic carbocycles. The van der Waals surface area contributed by atoms with Gasteiger partial charge in [-0.15, -0.1) is 0 Å². The highest BCUT2D eigenvalue weighted by molar-refractivity contribution is 9.10. The molecule has 1 aliphatic rings. The summed E-state index contributed by atoms with van der Waals surface area (Å²) in [5, 5.41) is 3.49. The molecule has 0 spiro atoms. The van der Waals surface area contributed by atoms with Crippen LogP contribution in [-0.2, 0) is 6.42 Å². The van der Waals surface area contributed by atoms with Gasteiger partial charge in [-0.05, 0) is 77.3 Å². The fraction of sp³-hybridized carbons (Fsp3) is 0.625. The Balaban J connectivity index is 2.25. The van der Waals surface area contributed by atoms with Crippen molar-refractivity contribution in [3.63, 3.8) is 0 Å². The molecular formula is C16H24BrNO. The first-order valence-electron chi connectivity index (χ1n) is 7.18. The molecule has 0 bridgehead atoms. The molecular weight excluding hydrogens is 302 g/mol. The zero-order valence-electron chi connectivity index (χ0n) is 12.1. The van der Waals surface area contributed by atoms with E-state index in [1.807, 2.05) is 0 Å². The Morgan fingerprint density at radius 1 is 1.42 bits per heavy atom. The molecule has 1 N–H and O–H groups in total. The Hall–Kier alpha value is -0.540. The van der Waals surface area contributed by atoms with Crippen molar-refractivity contribution in [1.29, 1.82) is 0 Å². The van der Waals surface area contributed by atoms with Crippen molar-refractivity contribution in [3.05, 3.63) is 27.7 Å². The first kappa shape index (κ1) is 14.9. The summed E-state index contributed by atoms with van der Waals surface area (Å²) in [6.07, 6.45) is 3.72. The molecule has 1 saturated heterocycles. The van der Waals surface area contributed by atoms with Crippen LogP contribution in [-0.4, -0.2) is 20.2 Å². The number of piperidine rings is 1. The number of rotatable bonds is 4. The van der Waals surface area contributed by atoms with E-state index in [9.17, 15) is 0 Å². The lowest BCUT2D eigenvalue weighted by molar-refractivity contribution is 0.363. The molecule has 106 valence electrons. The van der Waals surface area contributed by atoms with Crippen LogP contribution in [0.1, 0.15) is 43.7 Å². The number of halogens is 1. The third kappa shape index (κ3) is 3.73. The van der Waals surface area contributed by atoms with Crippen molar-refractivity contribution in [2.75, 3.05) is 20.2 Å². The number of methoxy groups -OCH3 is 1. The fourth-order valence-corrected chi connectivity index (χ4v) is 3.48. The van der Waals surface area contributed by atoms with E-state index in [-0.39, 0.29) is 0 Å². The normalized spacial score (nSPS) is 19.7. The van der Waals surface area contributed by atoms with Crippen LogP contribution in [0, 0.1) is 5.92 Å². The van der Waals surface area contributed by atoms with E-state index in [0.29, 0.717) is 5.92 Å². The molecule has 0 amide bonds. The van der Waals surface area contributed by atoms with Gasteiger partial charge >= 0.3 is 0 Å². The highest BCUT2D eigenvalue weighted by Gasteiger charge is 2.18. The molecule has 1 unspecified atom stereocenters. The Bertz CT molecular complexity index is 425.